The van der Waals surface area contributed by atoms with E-state index in [2.05, 4.69) is 44.2 Å². The molecule has 0 aliphatic carbocycles. The SMILES string of the molecule is CN1CCN(Cc2cccc(NC(=O)c3cc4cccc(Br)c4o3)c2)CC1. The minimum Gasteiger partial charge on any atom is -0.450 e. The van der Waals surface area contributed by atoms with E-state index in [4.69, 9.17) is 4.42 Å². The first-order chi connectivity index (χ1) is 13.1. The van der Waals surface area contributed by atoms with Crippen LogP contribution in [0, 0.1) is 0 Å². The molecule has 4 rings (SSSR count). The zero-order valence-electron chi connectivity index (χ0n) is 15.2. The summed E-state index contributed by atoms with van der Waals surface area (Å²) in [6.07, 6.45) is 0. The first kappa shape index (κ1) is 18.2. The zero-order valence-corrected chi connectivity index (χ0v) is 16.8. The normalized spacial score (nSPS) is 15.9. The van der Waals surface area contributed by atoms with Gasteiger partial charge in [0.1, 0.15) is 5.58 Å². The fourth-order valence-corrected chi connectivity index (χ4v) is 3.81. The summed E-state index contributed by atoms with van der Waals surface area (Å²) in [6.45, 7) is 5.23. The zero-order chi connectivity index (χ0) is 18.8. The number of carbonyl (C=O) groups excluding carboxylic acids is 1. The van der Waals surface area contributed by atoms with Gasteiger partial charge in [0.05, 0.1) is 4.47 Å². The molecule has 0 saturated carbocycles. The molecule has 0 bridgehead atoms. The van der Waals surface area contributed by atoms with E-state index in [9.17, 15) is 4.79 Å². The Morgan fingerprint density at radius 2 is 1.89 bits per heavy atom. The number of piperazine rings is 1. The van der Waals surface area contributed by atoms with Gasteiger partial charge in [-0.2, -0.15) is 0 Å². The van der Waals surface area contributed by atoms with Crippen molar-refractivity contribution in [2.24, 2.45) is 0 Å². The molecule has 2 heterocycles. The number of nitrogens with zero attached hydrogens (tertiary/aromatic N) is 2. The molecule has 1 saturated heterocycles. The molecule has 0 spiro atoms. The van der Waals surface area contributed by atoms with E-state index < -0.39 is 0 Å². The maximum atomic E-state index is 12.6. The molecule has 3 aromatic rings. The van der Waals surface area contributed by atoms with Crippen molar-refractivity contribution < 1.29 is 9.21 Å². The predicted octanol–water partition coefficient (Wildman–Crippen LogP) is 4.20. The van der Waals surface area contributed by atoms with E-state index in [1.807, 2.05) is 36.4 Å². The van der Waals surface area contributed by atoms with Crippen molar-refractivity contribution in [1.82, 2.24) is 9.80 Å². The summed E-state index contributed by atoms with van der Waals surface area (Å²) in [5.41, 5.74) is 2.67. The fourth-order valence-electron chi connectivity index (χ4n) is 3.34. The topological polar surface area (TPSA) is 48.7 Å². The Kier molecular flexibility index (Phi) is 5.29. The first-order valence-electron chi connectivity index (χ1n) is 9.08. The highest BCUT2D eigenvalue weighted by atomic mass is 79.9. The van der Waals surface area contributed by atoms with E-state index in [0.717, 1.165) is 48.3 Å². The lowest BCUT2D eigenvalue weighted by atomic mass is 10.1. The minimum absolute atomic E-state index is 0.241. The monoisotopic (exact) mass is 427 g/mol. The van der Waals surface area contributed by atoms with Crippen molar-refractivity contribution in [2.75, 3.05) is 38.5 Å². The largest absolute Gasteiger partial charge is 0.450 e. The van der Waals surface area contributed by atoms with Gasteiger partial charge in [0.2, 0.25) is 0 Å². The van der Waals surface area contributed by atoms with Gasteiger partial charge in [-0.1, -0.05) is 24.3 Å². The summed E-state index contributed by atoms with van der Waals surface area (Å²) < 4.78 is 6.56. The van der Waals surface area contributed by atoms with E-state index in [-0.39, 0.29) is 5.91 Å². The molecule has 1 N–H and O–H groups in total. The summed E-state index contributed by atoms with van der Waals surface area (Å²) in [6, 6.07) is 15.5. The van der Waals surface area contributed by atoms with Crippen LogP contribution in [-0.4, -0.2) is 48.9 Å². The molecule has 140 valence electrons. The molecule has 0 radical (unpaired) electrons. The molecule has 0 unspecified atom stereocenters. The molecule has 2 aromatic carbocycles. The van der Waals surface area contributed by atoms with Crippen molar-refractivity contribution >= 4 is 38.5 Å². The Morgan fingerprint density at radius 1 is 1.11 bits per heavy atom. The lowest BCUT2D eigenvalue weighted by Gasteiger charge is -2.32. The number of hydrogen-bond donors (Lipinski definition) is 1. The van der Waals surface area contributed by atoms with Crippen molar-refractivity contribution in [2.45, 2.75) is 6.54 Å². The van der Waals surface area contributed by atoms with Crippen molar-refractivity contribution in [3.05, 3.63) is 64.3 Å². The maximum absolute atomic E-state index is 12.6. The fraction of sp³-hybridized carbons (Fsp3) is 0.286. The van der Waals surface area contributed by atoms with Gasteiger partial charge in [0.15, 0.2) is 5.76 Å². The highest BCUT2D eigenvalue weighted by Gasteiger charge is 2.16. The maximum Gasteiger partial charge on any atom is 0.291 e. The van der Waals surface area contributed by atoms with Crippen molar-refractivity contribution in [3.8, 4) is 0 Å². The average Bonchev–Trinajstić information content (AvgIpc) is 3.10. The number of benzene rings is 2. The second-order valence-electron chi connectivity index (χ2n) is 7.00. The van der Waals surface area contributed by atoms with E-state index in [1.165, 1.54) is 5.56 Å². The van der Waals surface area contributed by atoms with Gasteiger partial charge in [0, 0.05) is 43.8 Å². The molecular weight excluding hydrogens is 406 g/mol. The summed E-state index contributed by atoms with van der Waals surface area (Å²) >= 11 is 3.45. The number of halogens is 1. The van der Waals surface area contributed by atoms with Crippen molar-refractivity contribution in [3.63, 3.8) is 0 Å². The van der Waals surface area contributed by atoms with E-state index in [0.29, 0.717) is 11.3 Å². The Labute approximate surface area is 167 Å². The summed E-state index contributed by atoms with van der Waals surface area (Å²) in [7, 11) is 2.16. The van der Waals surface area contributed by atoms with Gasteiger partial charge in [-0.05, 0) is 52.8 Å². The number of fused-ring (bicyclic) bond motifs is 1. The average molecular weight is 428 g/mol. The van der Waals surface area contributed by atoms with Crippen LogP contribution in [0.5, 0.6) is 0 Å². The molecule has 0 atom stereocenters. The lowest BCUT2D eigenvalue weighted by Crippen LogP contribution is -2.43. The Bertz CT molecular complexity index is 961. The number of anilines is 1. The van der Waals surface area contributed by atoms with Crippen molar-refractivity contribution in [1.29, 1.82) is 0 Å². The Hall–Kier alpha value is -2.15. The van der Waals surface area contributed by atoms with Gasteiger partial charge in [-0.25, -0.2) is 0 Å². The standard InChI is InChI=1S/C21H22BrN3O2/c1-24-8-10-25(11-9-24)14-15-4-2-6-17(12-15)23-21(26)19-13-16-5-3-7-18(22)20(16)27-19/h2-7,12-13H,8-11,14H2,1H3,(H,23,26). The second-order valence-corrected chi connectivity index (χ2v) is 7.86. The van der Waals surface area contributed by atoms with Crippen LogP contribution in [0.2, 0.25) is 0 Å². The van der Waals surface area contributed by atoms with Crippen LogP contribution in [0.4, 0.5) is 5.69 Å². The second kappa shape index (κ2) is 7.84. The highest BCUT2D eigenvalue weighted by Crippen LogP contribution is 2.27. The highest BCUT2D eigenvalue weighted by molar-refractivity contribution is 9.10. The number of para-hydroxylation sites is 1. The van der Waals surface area contributed by atoms with E-state index in [1.54, 1.807) is 6.07 Å². The summed E-state index contributed by atoms with van der Waals surface area (Å²) in [5, 5.41) is 3.85. The molecule has 1 amide bonds. The van der Waals surface area contributed by atoms with Crippen LogP contribution in [0.3, 0.4) is 0 Å². The summed E-state index contributed by atoms with van der Waals surface area (Å²) in [5.74, 6) is 0.0659. The first-order valence-corrected chi connectivity index (χ1v) is 9.87. The molecule has 1 aliphatic rings. The van der Waals surface area contributed by atoms with Gasteiger partial charge in [-0.15, -0.1) is 0 Å². The Morgan fingerprint density at radius 3 is 2.67 bits per heavy atom. The van der Waals surface area contributed by atoms with Crippen LogP contribution in [0.1, 0.15) is 16.1 Å². The summed E-state index contributed by atoms with van der Waals surface area (Å²) in [4.78, 5) is 17.4. The van der Waals surface area contributed by atoms with Gasteiger partial charge >= 0.3 is 0 Å². The molecule has 1 aliphatic heterocycles. The van der Waals surface area contributed by atoms with Crippen LogP contribution < -0.4 is 5.32 Å². The van der Waals surface area contributed by atoms with Gasteiger partial charge in [-0.3, -0.25) is 9.69 Å². The van der Waals surface area contributed by atoms with Crippen LogP contribution >= 0.6 is 15.9 Å². The van der Waals surface area contributed by atoms with Crippen LogP contribution in [0.25, 0.3) is 11.0 Å². The third kappa shape index (κ3) is 4.24. The van der Waals surface area contributed by atoms with Gasteiger partial charge < -0.3 is 14.6 Å². The number of likely N-dealkylation sites (N-methyl/N-ethyl adjacent to an activating group) is 1. The molecule has 27 heavy (non-hydrogen) atoms. The Balaban J connectivity index is 1.45. The number of nitrogens with one attached hydrogen (secondary N) is 1. The predicted molar refractivity (Wildman–Crippen MR) is 111 cm³/mol. The van der Waals surface area contributed by atoms with Crippen LogP contribution in [-0.2, 0) is 6.54 Å². The van der Waals surface area contributed by atoms with E-state index >= 15 is 0 Å². The number of amides is 1. The third-order valence-electron chi connectivity index (χ3n) is 4.91. The van der Waals surface area contributed by atoms with Gasteiger partial charge in [0.25, 0.3) is 5.91 Å². The number of carbonyl (C=O) groups is 1. The molecule has 5 nitrogen and oxygen atoms in total. The quantitative estimate of drug-likeness (QED) is 0.677. The van der Waals surface area contributed by atoms with Crippen LogP contribution in [0.15, 0.2) is 57.4 Å². The molecule has 6 heteroatoms. The lowest BCUT2D eigenvalue weighted by molar-refractivity contribution is 0.0998. The molecule has 1 aromatic heterocycles. The number of furan rings is 1. The number of hydrogen-bond acceptors (Lipinski definition) is 4. The third-order valence-corrected chi connectivity index (χ3v) is 5.53. The minimum atomic E-state index is -0.241. The molecular formula is C21H22BrN3O2. The smallest absolute Gasteiger partial charge is 0.291 e. The number of rotatable bonds is 4. The molecule has 1 fully saturated rings.